The molecule has 1 amide bonds. The average molecular weight is 293 g/mol. The Kier molecular flexibility index (Phi) is 6.53. The van der Waals surface area contributed by atoms with Gasteiger partial charge in [-0.25, -0.2) is 17.9 Å². The summed E-state index contributed by atoms with van der Waals surface area (Å²) in [5, 5.41) is 2.81. The van der Waals surface area contributed by atoms with Gasteiger partial charge >= 0.3 is 6.09 Å². The van der Waals surface area contributed by atoms with E-state index in [1.54, 1.807) is 18.9 Å². The van der Waals surface area contributed by atoms with Crippen molar-refractivity contribution in [2.75, 3.05) is 39.0 Å². The van der Waals surface area contributed by atoms with Crippen molar-refractivity contribution in [2.24, 2.45) is 0 Å². The molecule has 0 spiro atoms. The molecule has 1 saturated heterocycles. The summed E-state index contributed by atoms with van der Waals surface area (Å²) in [6.45, 7) is 3.60. The number of carbonyl (C=O) groups excluding carboxylic acids is 1. The van der Waals surface area contributed by atoms with Crippen LogP contribution in [0, 0.1) is 0 Å². The third-order valence-corrected chi connectivity index (χ3v) is 4.42. The lowest BCUT2D eigenvalue weighted by atomic mass is 10.1. The monoisotopic (exact) mass is 293 g/mol. The second-order valence-corrected chi connectivity index (χ2v) is 6.37. The molecule has 1 rings (SSSR count). The highest BCUT2D eigenvalue weighted by molar-refractivity contribution is 7.89. The molecule has 112 valence electrons. The maximum absolute atomic E-state index is 11.7. The molecule has 1 aliphatic rings. The highest BCUT2D eigenvalue weighted by Gasteiger charge is 2.26. The van der Waals surface area contributed by atoms with Crippen molar-refractivity contribution in [1.29, 1.82) is 0 Å². The normalized spacial score (nSPS) is 17.5. The van der Waals surface area contributed by atoms with Gasteiger partial charge in [-0.1, -0.05) is 0 Å². The first-order valence-corrected chi connectivity index (χ1v) is 8.20. The van der Waals surface area contributed by atoms with Crippen LogP contribution < -0.4 is 10.0 Å². The molecule has 0 aromatic rings. The largest absolute Gasteiger partial charge is 0.450 e. The van der Waals surface area contributed by atoms with Crippen LogP contribution >= 0.6 is 0 Å². The van der Waals surface area contributed by atoms with Gasteiger partial charge in [-0.15, -0.1) is 0 Å². The maximum Gasteiger partial charge on any atom is 0.409 e. The van der Waals surface area contributed by atoms with E-state index >= 15 is 0 Å². The van der Waals surface area contributed by atoms with Crippen LogP contribution in [0.25, 0.3) is 0 Å². The summed E-state index contributed by atoms with van der Waals surface area (Å²) in [6.07, 6.45) is 0.925. The molecular formula is C11H23N3O4S. The summed E-state index contributed by atoms with van der Waals surface area (Å²) in [5.74, 6) is 0.0710. The lowest BCUT2D eigenvalue weighted by Crippen LogP contribution is -2.47. The van der Waals surface area contributed by atoms with E-state index in [9.17, 15) is 13.2 Å². The second-order valence-electron chi connectivity index (χ2n) is 4.50. The van der Waals surface area contributed by atoms with Gasteiger partial charge in [0.15, 0.2) is 0 Å². The van der Waals surface area contributed by atoms with Crippen LogP contribution in [0.4, 0.5) is 4.79 Å². The van der Waals surface area contributed by atoms with Gasteiger partial charge in [-0.3, -0.25) is 0 Å². The topological polar surface area (TPSA) is 87.7 Å². The van der Waals surface area contributed by atoms with Gasteiger partial charge in [-0.05, 0) is 26.8 Å². The van der Waals surface area contributed by atoms with Crippen molar-refractivity contribution in [3.05, 3.63) is 0 Å². The fourth-order valence-corrected chi connectivity index (χ4v) is 3.28. The molecule has 7 nitrogen and oxygen atoms in total. The van der Waals surface area contributed by atoms with Crippen LogP contribution in [0.15, 0.2) is 0 Å². The van der Waals surface area contributed by atoms with Crippen LogP contribution in [-0.2, 0) is 14.8 Å². The van der Waals surface area contributed by atoms with E-state index in [0.29, 0.717) is 39.1 Å². The predicted molar refractivity (Wildman–Crippen MR) is 72.5 cm³/mol. The quantitative estimate of drug-likeness (QED) is 0.705. The lowest BCUT2D eigenvalue weighted by Gasteiger charge is -2.31. The van der Waals surface area contributed by atoms with Gasteiger partial charge in [0.25, 0.3) is 0 Å². The number of hydrogen-bond donors (Lipinski definition) is 2. The minimum absolute atomic E-state index is 0.0710. The van der Waals surface area contributed by atoms with Crippen LogP contribution in [0.3, 0.4) is 0 Å². The summed E-state index contributed by atoms with van der Waals surface area (Å²) < 4.78 is 31.0. The fraction of sp³-hybridized carbons (Fsp3) is 0.909. The summed E-state index contributed by atoms with van der Waals surface area (Å²) in [6, 6.07) is -0.0902. The van der Waals surface area contributed by atoms with Gasteiger partial charge in [0.05, 0.1) is 12.4 Å². The number of piperidine rings is 1. The average Bonchev–Trinajstić information content (AvgIpc) is 2.37. The molecule has 0 bridgehead atoms. The Morgan fingerprint density at radius 2 is 2.00 bits per heavy atom. The zero-order valence-electron chi connectivity index (χ0n) is 11.5. The SMILES string of the molecule is CCOC(=O)N1CCC(NS(=O)(=O)CCNC)CC1. The second kappa shape index (κ2) is 7.66. The molecule has 0 aromatic heterocycles. The van der Waals surface area contributed by atoms with E-state index in [1.807, 2.05) is 0 Å². The molecule has 0 aromatic carbocycles. The molecule has 19 heavy (non-hydrogen) atoms. The molecular weight excluding hydrogens is 270 g/mol. The van der Waals surface area contributed by atoms with Crippen molar-refractivity contribution in [3.8, 4) is 0 Å². The minimum Gasteiger partial charge on any atom is -0.450 e. The van der Waals surface area contributed by atoms with E-state index in [2.05, 4.69) is 10.0 Å². The van der Waals surface area contributed by atoms with Gasteiger partial charge in [0.2, 0.25) is 10.0 Å². The molecule has 1 aliphatic heterocycles. The van der Waals surface area contributed by atoms with Crippen LogP contribution in [0.1, 0.15) is 19.8 Å². The summed E-state index contributed by atoms with van der Waals surface area (Å²) in [7, 11) is -1.52. The first kappa shape index (κ1) is 16.2. The number of likely N-dealkylation sites (tertiary alicyclic amines) is 1. The van der Waals surface area contributed by atoms with Gasteiger partial charge < -0.3 is 15.0 Å². The Hall–Kier alpha value is -0.860. The number of sulfonamides is 1. The summed E-state index contributed by atoms with van der Waals surface area (Å²) >= 11 is 0. The molecule has 2 N–H and O–H groups in total. The Balaban J connectivity index is 2.36. The van der Waals surface area contributed by atoms with Crippen LogP contribution in [0.5, 0.6) is 0 Å². The number of carbonyl (C=O) groups is 1. The molecule has 1 heterocycles. The molecule has 0 radical (unpaired) electrons. The third-order valence-electron chi connectivity index (χ3n) is 2.99. The van der Waals surface area contributed by atoms with E-state index in [0.717, 1.165) is 0 Å². The number of rotatable bonds is 6. The molecule has 8 heteroatoms. The Bertz CT molecular complexity index is 377. The minimum atomic E-state index is -3.24. The van der Waals surface area contributed by atoms with Gasteiger partial charge in [0, 0.05) is 25.7 Å². The molecule has 0 aliphatic carbocycles. The van der Waals surface area contributed by atoms with Crippen molar-refractivity contribution in [3.63, 3.8) is 0 Å². The third kappa shape index (κ3) is 5.75. The van der Waals surface area contributed by atoms with E-state index in [4.69, 9.17) is 4.74 Å². The Labute approximate surface area is 114 Å². The Morgan fingerprint density at radius 3 is 2.53 bits per heavy atom. The molecule has 0 saturated carbocycles. The van der Waals surface area contributed by atoms with E-state index in [1.165, 1.54) is 0 Å². The highest BCUT2D eigenvalue weighted by atomic mass is 32.2. The standard InChI is InChI=1S/C11H23N3O4S/c1-3-18-11(15)14-7-4-10(5-8-14)13-19(16,17)9-6-12-2/h10,12-13H,3-9H2,1-2H3. The van der Waals surface area contributed by atoms with Crippen LogP contribution in [0.2, 0.25) is 0 Å². The first-order valence-electron chi connectivity index (χ1n) is 6.54. The molecule has 1 fully saturated rings. The van der Waals surface area contributed by atoms with E-state index < -0.39 is 10.0 Å². The Morgan fingerprint density at radius 1 is 1.37 bits per heavy atom. The smallest absolute Gasteiger partial charge is 0.409 e. The van der Waals surface area contributed by atoms with E-state index in [-0.39, 0.29) is 17.9 Å². The fourth-order valence-electron chi connectivity index (χ4n) is 1.94. The number of ether oxygens (including phenoxy) is 1. The van der Waals surface area contributed by atoms with Crippen molar-refractivity contribution in [2.45, 2.75) is 25.8 Å². The number of nitrogens with zero attached hydrogens (tertiary/aromatic N) is 1. The summed E-state index contributed by atoms with van der Waals surface area (Å²) in [5.41, 5.74) is 0. The van der Waals surface area contributed by atoms with Crippen molar-refractivity contribution >= 4 is 16.1 Å². The van der Waals surface area contributed by atoms with Crippen molar-refractivity contribution in [1.82, 2.24) is 14.9 Å². The number of hydrogen-bond acceptors (Lipinski definition) is 5. The first-order chi connectivity index (χ1) is 8.98. The van der Waals surface area contributed by atoms with Crippen LogP contribution in [-0.4, -0.2) is 64.5 Å². The number of nitrogens with one attached hydrogen (secondary N) is 2. The van der Waals surface area contributed by atoms with Gasteiger partial charge in [-0.2, -0.15) is 0 Å². The predicted octanol–water partition coefficient (Wildman–Crippen LogP) is -0.254. The zero-order valence-corrected chi connectivity index (χ0v) is 12.3. The van der Waals surface area contributed by atoms with Gasteiger partial charge in [0.1, 0.15) is 0 Å². The summed E-state index contributed by atoms with van der Waals surface area (Å²) in [4.78, 5) is 13.1. The number of amides is 1. The maximum atomic E-state index is 11.7. The molecule has 0 unspecified atom stereocenters. The highest BCUT2D eigenvalue weighted by Crippen LogP contribution is 2.12. The van der Waals surface area contributed by atoms with Crippen molar-refractivity contribution < 1.29 is 17.9 Å². The lowest BCUT2D eigenvalue weighted by molar-refractivity contribution is 0.0966. The molecule has 0 atom stereocenters. The zero-order chi connectivity index (χ0) is 14.3.